The van der Waals surface area contributed by atoms with Gasteiger partial charge in [-0.25, -0.2) is 8.78 Å². The number of ketones is 1. The van der Waals surface area contributed by atoms with Gasteiger partial charge < -0.3 is 0 Å². The molecule has 0 aliphatic heterocycles. The third-order valence-electron chi connectivity index (χ3n) is 2.28. The van der Waals surface area contributed by atoms with E-state index in [-0.39, 0.29) is 17.8 Å². The number of hydrogen-bond donors (Lipinski definition) is 0. The zero-order valence-electron chi connectivity index (χ0n) is 9.08. The highest BCUT2D eigenvalue weighted by molar-refractivity contribution is 9.10. The standard InChI is InChI=1S/C12H10BrF2NO/c1-7(13)11(17)10-3-2-9(12(14)15)6-8(10)4-5-16/h2-3,6-7,12H,4H2,1H3. The first-order chi connectivity index (χ1) is 7.97. The Balaban J connectivity index is 3.22. The molecule has 0 saturated heterocycles. The Morgan fingerprint density at radius 2 is 2.18 bits per heavy atom. The summed E-state index contributed by atoms with van der Waals surface area (Å²) in [6.45, 7) is 1.65. The van der Waals surface area contributed by atoms with E-state index in [1.807, 2.05) is 6.07 Å². The number of carbonyl (C=O) groups is 1. The number of nitrogens with zero attached hydrogens (tertiary/aromatic N) is 1. The minimum atomic E-state index is -2.60. The Morgan fingerprint density at radius 1 is 1.53 bits per heavy atom. The normalized spacial score (nSPS) is 12.2. The first-order valence-electron chi connectivity index (χ1n) is 4.93. The molecule has 1 aromatic rings. The lowest BCUT2D eigenvalue weighted by Gasteiger charge is -2.09. The van der Waals surface area contributed by atoms with E-state index in [1.165, 1.54) is 18.2 Å². The number of halogens is 3. The van der Waals surface area contributed by atoms with Crippen molar-refractivity contribution in [3.05, 3.63) is 34.9 Å². The van der Waals surface area contributed by atoms with Gasteiger partial charge in [-0.2, -0.15) is 5.26 Å². The third-order valence-corrected chi connectivity index (χ3v) is 2.69. The summed E-state index contributed by atoms with van der Waals surface area (Å²) in [5.74, 6) is -0.212. The second-order valence-electron chi connectivity index (χ2n) is 3.53. The summed E-state index contributed by atoms with van der Waals surface area (Å²) in [5, 5.41) is 8.63. The lowest BCUT2D eigenvalue weighted by Crippen LogP contribution is -2.13. The molecule has 17 heavy (non-hydrogen) atoms. The van der Waals surface area contributed by atoms with Gasteiger partial charge in [-0.15, -0.1) is 0 Å². The maximum absolute atomic E-state index is 12.5. The molecule has 1 unspecified atom stereocenters. The Hall–Kier alpha value is -1.28. The Kier molecular flexibility index (Phi) is 4.76. The van der Waals surface area contributed by atoms with Crippen LogP contribution in [0.2, 0.25) is 0 Å². The van der Waals surface area contributed by atoms with E-state index in [0.717, 1.165) is 0 Å². The van der Waals surface area contributed by atoms with Crippen molar-refractivity contribution in [2.45, 2.75) is 24.6 Å². The quantitative estimate of drug-likeness (QED) is 0.629. The number of nitriles is 1. The Morgan fingerprint density at radius 3 is 2.65 bits per heavy atom. The average Bonchev–Trinajstić information content (AvgIpc) is 2.28. The van der Waals surface area contributed by atoms with E-state index < -0.39 is 11.3 Å². The maximum atomic E-state index is 12.5. The lowest BCUT2D eigenvalue weighted by molar-refractivity contribution is 0.0994. The zero-order valence-corrected chi connectivity index (χ0v) is 10.7. The van der Waals surface area contributed by atoms with E-state index in [9.17, 15) is 13.6 Å². The van der Waals surface area contributed by atoms with E-state index in [1.54, 1.807) is 6.92 Å². The van der Waals surface area contributed by atoms with Crippen molar-refractivity contribution in [3.63, 3.8) is 0 Å². The van der Waals surface area contributed by atoms with Crippen LogP contribution in [-0.4, -0.2) is 10.6 Å². The monoisotopic (exact) mass is 301 g/mol. The molecule has 0 N–H and O–H groups in total. The minimum absolute atomic E-state index is 0.0542. The van der Waals surface area contributed by atoms with Crippen molar-refractivity contribution in [3.8, 4) is 6.07 Å². The molecule has 0 fully saturated rings. The molecule has 90 valence electrons. The minimum Gasteiger partial charge on any atom is -0.293 e. The van der Waals surface area contributed by atoms with Gasteiger partial charge in [-0.05, 0) is 18.6 Å². The van der Waals surface area contributed by atoms with Crippen LogP contribution in [-0.2, 0) is 6.42 Å². The topological polar surface area (TPSA) is 40.9 Å². The summed E-state index contributed by atoms with van der Waals surface area (Å²) in [4.78, 5) is 11.4. The van der Waals surface area contributed by atoms with Crippen LogP contribution in [0.25, 0.3) is 0 Å². The van der Waals surface area contributed by atoms with Crippen LogP contribution in [0.1, 0.15) is 34.8 Å². The second-order valence-corrected chi connectivity index (χ2v) is 4.91. The first kappa shape index (κ1) is 13.8. The molecule has 0 radical (unpaired) electrons. The highest BCUT2D eigenvalue weighted by atomic mass is 79.9. The van der Waals surface area contributed by atoms with Crippen LogP contribution in [0, 0.1) is 11.3 Å². The number of rotatable bonds is 4. The molecule has 1 atom stereocenters. The summed E-state index contributed by atoms with van der Waals surface area (Å²) in [6.07, 6.45) is -2.65. The predicted molar refractivity (Wildman–Crippen MR) is 63.4 cm³/mol. The van der Waals surface area contributed by atoms with Crippen LogP contribution in [0.3, 0.4) is 0 Å². The van der Waals surface area contributed by atoms with Gasteiger partial charge in [0, 0.05) is 11.1 Å². The number of benzene rings is 1. The fourth-order valence-corrected chi connectivity index (χ4v) is 1.68. The van der Waals surface area contributed by atoms with Gasteiger partial charge >= 0.3 is 0 Å². The molecule has 1 rings (SSSR count). The maximum Gasteiger partial charge on any atom is 0.263 e. The number of alkyl halides is 3. The van der Waals surface area contributed by atoms with E-state index in [2.05, 4.69) is 15.9 Å². The summed E-state index contributed by atoms with van der Waals surface area (Å²) < 4.78 is 25.0. The molecule has 0 saturated carbocycles. The highest BCUT2D eigenvalue weighted by Gasteiger charge is 2.18. The molecule has 0 bridgehead atoms. The van der Waals surface area contributed by atoms with Crippen LogP contribution in [0.4, 0.5) is 8.78 Å². The molecule has 0 aromatic heterocycles. The van der Waals surface area contributed by atoms with Crippen molar-refractivity contribution < 1.29 is 13.6 Å². The number of carbonyl (C=O) groups excluding carboxylic acids is 1. The Labute approximate surface area is 106 Å². The van der Waals surface area contributed by atoms with Gasteiger partial charge in [0.05, 0.1) is 17.3 Å². The second kappa shape index (κ2) is 5.87. The SMILES string of the molecule is CC(Br)C(=O)c1ccc(C(F)F)cc1CC#N. The number of hydrogen-bond acceptors (Lipinski definition) is 2. The summed E-state index contributed by atoms with van der Waals surface area (Å²) >= 11 is 3.13. The molecular weight excluding hydrogens is 292 g/mol. The van der Waals surface area contributed by atoms with Crippen molar-refractivity contribution in [1.82, 2.24) is 0 Å². The molecule has 5 heteroatoms. The smallest absolute Gasteiger partial charge is 0.263 e. The summed E-state index contributed by atoms with van der Waals surface area (Å²) in [7, 11) is 0. The van der Waals surface area contributed by atoms with Gasteiger partial charge in [0.25, 0.3) is 6.43 Å². The summed E-state index contributed by atoms with van der Waals surface area (Å²) in [5.41, 5.74) is 0.496. The molecule has 0 aliphatic carbocycles. The van der Waals surface area contributed by atoms with Gasteiger partial charge in [0.2, 0.25) is 0 Å². The lowest BCUT2D eigenvalue weighted by atomic mass is 9.97. The number of Topliss-reactive ketones (excluding diaryl/α,β-unsaturated/α-hetero) is 1. The van der Waals surface area contributed by atoms with Gasteiger partial charge in [-0.1, -0.05) is 28.1 Å². The van der Waals surface area contributed by atoms with E-state index in [4.69, 9.17) is 5.26 Å². The van der Waals surface area contributed by atoms with Gasteiger partial charge in [-0.3, -0.25) is 4.79 Å². The molecule has 0 heterocycles. The van der Waals surface area contributed by atoms with Crippen LogP contribution in [0.5, 0.6) is 0 Å². The first-order valence-corrected chi connectivity index (χ1v) is 5.85. The Bertz CT molecular complexity index is 466. The van der Waals surface area contributed by atoms with Crippen LogP contribution >= 0.6 is 15.9 Å². The van der Waals surface area contributed by atoms with Crippen LogP contribution in [0.15, 0.2) is 18.2 Å². The van der Waals surface area contributed by atoms with E-state index >= 15 is 0 Å². The average molecular weight is 302 g/mol. The molecule has 2 nitrogen and oxygen atoms in total. The molecule has 1 aromatic carbocycles. The third kappa shape index (κ3) is 3.34. The van der Waals surface area contributed by atoms with E-state index in [0.29, 0.717) is 11.1 Å². The largest absolute Gasteiger partial charge is 0.293 e. The fraction of sp³-hybridized carbons (Fsp3) is 0.333. The van der Waals surface area contributed by atoms with Crippen molar-refractivity contribution in [2.75, 3.05) is 0 Å². The fourth-order valence-electron chi connectivity index (χ4n) is 1.44. The highest BCUT2D eigenvalue weighted by Crippen LogP contribution is 2.23. The van der Waals surface area contributed by atoms with Crippen molar-refractivity contribution in [2.24, 2.45) is 0 Å². The molecule has 0 aliphatic rings. The predicted octanol–water partition coefficient (Wildman–Crippen LogP) is 3.66. The zero-order chi connectivity index (χ0) is 13.0. The van der Waals surface area contributed by atoms with Gasteiger partial charge in [0.1, 0.15) is 0 Å². The van der Waals surface area contributed by atoms with Crippen molar-refractivity contribution >= 4 is 21.7 Å². The van der Waals surface area contributed by atoms with Gasteiger partial charge in [0.15, 0.2) is 5.78 Å². The summed E-state index contributed by atoms with van der Waals surface area (Å²) in [6, 6.07) is 5.66. The van der Waals surface area contributed by atoms with Crippen molar-refractivity contribution in [1.29, 1.82) is 5.26 Å². The van der Waals surface area contributed by atoms with Crippen LogP contribution < -0.4 is 0 Å². The molecule has 0 spiro atoms. The molecular formula is C12H10BrF2NO. The molecule has 0 amide bonds.